The molecule has 0 saturated carbocycles. The summed E-state index contributed by atoms with van der Waals surface area (Å²) in [5.74, 6) is -0.0295. The molecule has 4 rings (SSSR count). The summed E-state index contributed by atoms with van der Waals surface area (Å²) in [5, 5.41) is 0.578. The molecule has 0 amide bonds. The normalized spacial score (nSPS) is 18.1. The lowest BCUT2D eigenvalue weighted by Crippen LogP contribution is -2.42. The molecule has 6 nitrogen and oxygen atoms in total. The predicted molar refractivity (Wildman–Crippen MR) is 109 cm³/mol. The zero-order valence-electron chi connectivity index (χ0n) is 17.0. The third kappa shape index (κ3) is 2.71. The number of benzene rings is 1. The lowest BCUT2D eigenvalue weighted by atomic mass is 9.88. The van der Waals surface area contributed by atoms with Crippen LogP contribution in [0.4, 0.5) is 10.1 Å². The van der Waals surface area contributed by atoms with Crippen molar-refractivity contribution in [1.29, 1.82) is 0 Å². The van der Waals surface area contributed by atoms with E-state index < -0.39 is 0 Å². The fourth-order valence-corrected chi connectivity index (χ4v) is 4.50. The van der Waals surface area contributed by atoms with E-state index in [4.69, 9.17) is 10.2 Å². The standard InChI is InChI=1S/C21H27FN4O2/c1-11(2)26-17-12(3)18(25-7-6-13(9-25)21(4,5)23)15(22)8-14(17)19-16(20(26)27)24-10-28-19/h8,10-11,13H,6-7,9,23H2,1-5H3. The van der Waals surface area contributed by atoms with E-state index in [1.165, 1.54) is 12.5 Å². The predicted octanol–water partition coefficient (Wildman–Crippen LogP) is 3.73. The van der Waals surface area contributed by atoms with Crippen molar-refractivity contribution in [2.45, 2.75) is 52.6 Å². The van der Waals surface area contributed by atoms with Gasteiger partial charge in [0.15, 0.2) is 17.5 Å². The number of nitrogens with two attached hydrogens (primary N) is 1. The summed E-state index contributed by atoms with van der Waals surface area (Å²) in [6.45, 7) is 11.2. The highest BCUT2D eigenvalue weighted by molar-refractivity contribution is 6.03. The first-order valence-corrected chi connectivity index (χ1v) is 9.75. The number of anilines is 1. The first-order chi connectivity index (χ1) is 13.1. The van der Waals surface area contributed by atoms with E-state index in [0.717, 1.165) is 18.5 Å². The van der Waals surface area contributed by atoms with Crippen LogP contribution in [0.5, 0.6) is 0 Å². The molecule has 1 fully saturated rings. The average Bonchev–Trinajstić information content (AvgIpc) is 3.24. The van der Waals surface area contributed by atoms with Gasteiger partial charge in [-0.15, -0.1) is 0 Å². The molecular formula is C21H27FN4O2. The molecular weight excluding hydrogens is 359 g/mol. The number of oxazole rings is 1. The Morgan fingerprint density at radius 3 is 2.71 bits per heavy atom. The minimum atomic E-state index is -0.317. The van der Waals surface area contributed by atoms with Gasteiger partial charge >= 0.3 is 0 Å². The molecule has 150 valence electrons. The largest absolute Gasteiger partial charge is 0.443 e. The van der Waals surface area contributed by atoms with E-state index in [-0.39, 0.29) is 34.4 Å². The van der Waals surface area contributed by atoms with Gasteiger partial charge in [-0.3, -0.25) is 4.79 Å². The van der Waals surface area contributed by atoms with Crippen LogP contribution in [-0.2, 0) is 0 Å². The molecule has 28 heavy (non-hydrogen) atoms. The van der Waals surface area contributed by atoms with E-state index in [2.05, 4.69) is 9.88 Å². The zero-order valence-corrected chi connectivity index (χ0v) is 17.0. The quantitative estimate of drug-likeness (QED) is 0.742. The fraction of sp³-hybridized carbons (Fsp3) is 0.524. The number of fused-ring (bicyclic) bond motifs is 3. The molecule has 1 aliphatic heterocycles. The van der Waals surface area contributed by atoms with E-state index in [0.29, 0.717) is 28.7 Å². The summed E-state index contributed by atoms with van der Waals surface area (Å²) < 4.78 is 22.5. The third-order valence-electron chi connectivity index (χ3n) is 6.01. The highest BCUT2D eigenvalue weighted by Crippen LogP contribution is 2.38. The minimum Gasteiger partial charge on any atom is -0.443 e. The van der Waals surface area contributed by atoms with E-state index in [1.54, 1.807) is 4.57 Å². The summed E-state index contributed by atoms with van der Waals surface area (Å²) in [5.41, 5.74) is 8.34. The number of hydrogen-bond donors (Lipinski definition) is 1. The van der Waals surface area contributed by atoms with Gasteiger partial charge in [0.1, 0.15) is 5.82 Å². The molecule has 1 unspecified atom stereocenters. The van der Waals surface area contributed by atoms with Crippen LogP contribution in [0.25, 0.3) is 22.0 Å². The van der Waals surface area contributed by atoms with Crippen LogP contribution in [0.2, 0.25) is 0 Å². The molecule has 3 aromatic rings. The van der Waals surface area contributed by atoms with Crippen molar-refractivity contribution >= 4 is 27.7 Å². The smallest absolute Gasteiger partial charge is 0.281 e. The number of aromatic nitrogens is 2. The highest BCUT2D eigenvalue weighted by Gasteiger charge is 2.34. The van der Waals surface area contributed by atoms with E-state index in [9.17, 15) is 4.79 Å². The Morgan fingerprint density at radius 2 is 2.11 bits per heavy atom. The Hall–Kier alpha value is -2.41. The van der Waals surface area contributed by atoms with Crippen LogP contribution in [0, 0.1) is 18.7 Å². The fourth-order valence-electron chi connectivity index (χ4n) is 4.50. The number of aryl methyl sites for hydroxylation is 1. The molecule has 2 N–H and O–H groups in total. The number of rotatable bonds is 3. The van der Waals surface area contributed by atoms with Gasteiger partial charge in [0.05, 0.1) is 11.2 Å². The van der Waals surface area contributed by atoms with Crippen molar-refractivity contribution in [3.63, 3.8) is 0 Å². The average molecular weight is 386 g/mol. The second-order valence-electron chi connectivity index (χ2n) is 8.78. The van der Waals surface area contributed by atoms with Crippen LogP contribution < -0.4 is 16.2 Å². The minimum absolute atomic E-state index is 0.0950. The molecule has 0 radical (unpaired) electrons. The van der Waals surface area contributed by atoms with Crippen molar-refractivity contribution in [3.8, 4) is 0 Å². The zero-order chi connectivity index (χ0) is 20.4. The summed E-state index contributed by atoms with van der Waals surface area (Å²) in [7, 11) is 0. The first kappa shape index (κ1) is 18.9. The van der Waals surface area contributed by atoms with Crippen molar-refractivity contribution in [2.24, 2.45) is 11.7 Å². The summed E-state index contributed by atoms with van der Waals surface area (Å²) in [6.07, 6.45) is 2.16. The number of pyridine rings is 1. The van der Waals surface area contributed by atoms with Gasteiger partial charge in [-0.2, -0.15) is 0 Å². The third-order valence-corrected chi connectivity index (χ3v) is 6.01. The van der Waals surface area contributed by atoms with Crippen LogP contribution >= 0.6 is 0 Å². The Bertz CT molecular complexity index is 1120. The molecule has 1 atom stereocenters. The molecule has 7 heteroatoms. The molecule has 2 aromatic heterocycles. The Balaban J connectivity index is 1.99. The topological polar surface area (TPSA) is 77.3 Å². The molecule has 0 bridgehead atoms. The maximum Gasteiger partial charge on any atom is 0.281 e. The van der Waals surface area contributed by atoms with Gasteiger partial charge in [0.2, 0.25) is 0 Å². The summed E-state index contributed by atoms with van der Waals surface area (Å²) in [4.78, 5) is 19.1. The molecule has 1 aliphatic rings. The Labute approximate surface area is 163 Å². The van der Waals surface area contributed by atoms with Gasteiger partial charge in [-0.25, -0.2) is 9.37 Å². The lowest BCUT2D eigenvalue weighted by Gasteiger charge is -2.28. The molecule has 0 aliphatic carbocycles. The monoisotopic (exact) mass is 386 g/mol. The maximum absolute atomic E-state index is 15.3. The van der Waals surface area contributed by atoms with Crippen molar-refractivity contribution in [2.75, 3.05) is 18.0 Å². The van der Waals surface area contributed by atoms with Gasteiger partial charge in [-0.1, -0.05) is 0 Å². The second kappa shape index (κ2) is 6.30. The maximum atomic E-state index is 15.3. The second-order valence-corrected chi connectivity index (χ2v) is 8.78. The van der Waals surface area contributed by atoms with Gasteiger partial charge in [0.25, 0.3) is 5.56 Å². The van der Waals surface area contributed by atoms with Crippen molar-refractivity contribution in [1.82, 2.24) is 9.55 Å². The van der Waals surface area contributed by atoms with Gasteiger partial charge in [-0.05, 0) is 58.6 Å². The van der Waals surface area contributed by atoms with Crippen molar-refractivity contribution < 1.29 is 8.81 Å². The van der Waals surface area contributed by atoms with Crippen LogP contribution in [-0.4, -0.2) is 28.2 Å². The number of nitrogens with zero attached hydrogens (tertiary/aromatic N) is 3. The van der Waals surface area contributed by atoms with Crippen LogP contribution in [0.15, 0.2) is 21.7 Å². The Morgan fingerprint density at radius 1 is 1.39 bits per heavy atom. The summed E-state index contributed by atoms with van der Waals surface area (Å²) in [6, 6.07) is 1.38. The Kier molecular flexibility index (Phi) is 4.26. The van der Waals surface area contributed by atoms with E-state index in [1.807, 2.05) is 34.6 Å². The lowest BCUT2D eigenvalue weighted by molar-refractivity contribution is 0.348. The van der Waals surface area contributed by atoms with Crippen LogP contribution in [0.1, 0.15) is 45.7 Å². The number of hydrogen-bond acceptors (Lipinski definition) is 5. The summed E-state index contributed by atoms with van der Waals surface area (Å²) >= 11 is 0. The molecule has 0 spiro atoms. The molecule has 1 aromatic carbocycles. The molecule has 1 saturated heterocycles. The van der Waals surface area contributed by atoms with Gasteiger partial charge < -0.3 is 19.6 Å². The SMILES string of the molecule is Cc1c(N2CCC(C(C)(C)N)C2)c(F)cc2c3ocnc3c(=O)n(C(C)C)c12. The van der Waals surface area contributed by atoms with E-state index >= 15 is 4.39 Å². The number of halogens is 1. The van der Waals surface area contributed by atoms with Crippen molar-refractivity contribution in [3.05, 3.63) is 34.2 Å². The molecule has 3 heterocycles. The van der Waals surface area contributed by atoms with Gasteiger partial charge in [0, 0.05) is 30.1 Å². The van der Waals surface area contributed by atoms with Crippen LogP contribution in [0.3, 0.4) is 0 Å². The first-order valence-electron chi connectivity index (χ1n) is 9.75. The highest BCUT2D eigenvalue weighted by atomic mass is 19.1.